The molecule has 1 aliphatic carbocycles. The van der Waals surface area contributed by atoms with Crippen molar-refractivity contribution in [2.45, 2.75) is 24.8 Å². The van der Waals surface area contributed by atoms with Crippen LogP contribution in [0.4, 0.5) is 0 Å². The Labute approximate surface area is 185 Å². The summed E-state index contributed by atoms with van der Waals surface area (Å²) in [5, 5.41) is 5.85. The minimum atomic E-state index is -0.235. The first-order valence-corrected chi connectivity index (χ1v) is 10.9. The van der Waals surface area contributed by atoms with Gasteiger partial charge in [-0.1, -0.05) is 54.6 Å². The fourth-order valence-corrected chi connectivity index (χ4v) is 4.74. The Morgan fingerprint density at radius 3 is 2.38 bits per heavy atom. The zero-order valence-electron chi connectivity index (χ0n) is 17.8. The Balaban J connectivity index is 1.63. The maximum absolute atomic E-state index is 13.8. The van der Waals surface area contributed by atoms with Gasteiger partial charge < -0.3 is 10.2 Å². The van der Waals surface area contributed by atoms with Crippen LogP contribution in [-0.4, -0.2) is 9.78 Å². The molecule has 32 heavy (non-hydrogen) atoms. The first-order valence-electron chi connectivity index (χ1n) is 10.9. The van der Waals surface area contributed by atoms with Crippen molar-refractivity contribution < 1.29 is 4.42 Å². The molecule has 0 radical (unpaired) electrons. The van der Waals surface area contributed by atoms with Gasteiger partial charge in [-0.25, -0.2) is 0 Å². The Morgan fingerprint density at radius 2 is 1.69 bits per heavy atom. The number of hydrogen-bond donors (Lipinski definition) is 1. The molecule has 1 saturated carbocycles. The van der Waals surface area contributed by atoms with Crippen LogP contribution in [-0.2, 0) is 12.6 Å². The van der Waals surface area contributed by atoms with Crippen molar-refractivity contribution in [3.05, 3.63) is 88.7 Å². The Morgan fingerprint density at radius 1 is 0.938 bits per heavy atom. The second-order valence-electron chi connectivity index (χ2n) is 8.77. The van der Waals surface area contributed by atoms with Crippen LogP contribution in [0.2, 0.25) is 0 Å². The average Bonchev–Trinajstić information content (AvgIpc) is 3.19. The molecule has 2 N–H and O–H groups in total. The van der Waals surface area contributed by atoms with Gasteiger partial charge in [0, 0.05) is 24.3 Å². The van der Waals surface area contributed by atoms with Crippen LogP contribution in [0.3, 0.4) is 0 Å². The van der Waals surface area contributed by atoms with Crippen molar-refractivity contribution in [1.82, 2.24) is 9.78 Å². The highest BCUT2D eigenvalue weighted by atomic mass is 16.3. The molecule has 0 unspecified atom stereocenters. The lowest BCUT2D eigenvalue weighted by Gasteiger charge is -2.38. The molecule has 158 valence electrons. The highest BCUT2D eigenvalue weighted by molar-refractivity contribution is 6.04. The van der Waals surface area contributed by atoms with Crippen LogP contribution >= 0.6 is 0 Å². The van der Waals surface area contributed by atoms with E-state index in [0.29, 0.717) is 22.3 Å². The average molecular weight is 422 g/mol. The van der Waals surface area contributed by atoms with Gasteiger partial charge in [-0.2, -0.15) is 5.10 Å². The molecular formula is C27H23N3O2. The van der Waals surface area contributed by atoms with Crippen LogP contribution in [0.5, 0.6) is 0 Å². The van der Waals surface area contributed by atoms with E-state index in [1.807, 2.05) is 67.8 Å². The number of nitrogens with zero attached hydrogens (tertiary/aromatic N) is 2. The molecule has 0 atom stereocenters. The second-order valence-corrected chi connectivity index (χ2v) is 8.77. The van der Waals surface area contributed by atoms with Gasteiger partial charge >= 0.3 is 0 Å². The normalized spacial score (nSPS) is 15.2. The van der Waals surface area contributed by atoms with Crippen molar-refractivity contribution in [1.29, 1.82) is 0 Å². The van der Waals surface area contributed by atoms with Gasteiger partial charge in [0.15, 0.2) is 0 Å². The Kier molecular flexibility index (Phi) is 4.10. The van der Waals surface area contributed by atoms with Crippen LogP contribution in [0.25, 0.3) is 44.3 Å². The summed E-state index contributed by atoms with van der Waals surface area (Å²) in [6.45, 7) is 0. The summed E-state index contributed by atoms with van der Waals surface area (Å²) in [5.41, 5.74) is 11.0. The molecule has 6 rings (SSSR count). The first-order chi connectivity index (χ1) is 15.5. The van der Waals surface area contributed by atoms with Crippen molar-refractivity contribution >= 4 is 21.9 Å². The highest BCUT2D eigenvalue weighted by Crippen LogP contribution is 2.40. The topological polar surface area (TPSA) is 74.0 Å². The number of aryl methyl sites for hydroxylation is 1. The van der Waals surface area contributed by atoms with Gasteiger partial charge in [0.25, 0.3) is 0 Å². The van der Waals surface area contributed by atoms with Gasteiger partial charge in [0.2, 0.25) is 5.43 Å². The Bertz CT molecular complexity index is 1530. The smallest absolute Gasteiger partial charge is 0.201 e. The number of fused-ring (bicyclic) bond motifs is 3. The van der Waals surface area contributed by atoms with Crippen LogP contribution < -0.4 is 11.2 Å². The standard InChI is InChI=1S/C27H23N3O2/c1-30-16-21-22(29-30)13-12-20-24(31)23(25(32-26(20)21)18-6-3-2-4-7-18)17-8-10-19(11-9-17)27(28)14-5-15-27/h2-4,6-13,16H,5,14-15,28H2,1H3. The lowest BCUT2D eigenvalue weighted by atomic mass is 9.72. The summed E-state index contributed by atoms with van der Waals surface area (Å²) in [7, 11) is 1.87. The third-order valence-corrected chi connectivity index (χ3v) is 6.69. The second kappa shape index (κ2) is 6.90. The van der Waals surface area contributed by atoms with Crippen molar-refractivity contribution in [2.24, 2.45) is 12.8 Å². The third kappa shape index (κ3) is 2.82. The Hall–Kier alpha value is -3.70. The molecule has 0 saturated heterocycles. The van der Waals surface area contributed by atoms with Crippen LogP contribution in [0.1, 0.15) is 24.8 Å². The largest absolute Gasteiger partial charge is 0.454 e. The van der Waals surface area contributed by atoms with Crippen LogP contribution in [0.15, 0.2) is 82.1 Å². The molecule has 0 bridgehead atoms. The predicted molar refractivity (Wildman–Crippen MR) is 127 cm³/mol. The van der Waals surface area contributed by atoms with E-state index >= 15 is 0 Å². The van der Waals surface area contributed by atoms with Gasteiger partial charge in [0.1, 0.15) is 11.3 Å². The number of benzene rings is 3. The van der Waals surface area contributed by atoms with E-state index in [1.165, 1.54) is 0 Å². The minimum absolute atomic E-state index is 0.0466. The summed E-state index contributed by atoms with van der Waals surface area (Å²) in [6, 6.07) is 21.6. The summed E-state index contributed by atoms with van der Waals surface area (Å²) in [6.07, 6.45) is 5.05. The van der Waals surface area contributed by atoms with E-state index in [9.17, 15) is 4.79 Å². The molecule has 2 heterocycles. The summed E-state index contributed by atoms with van der Waals surface area (Å²) < 4.78 is 8.23. The first kappa shape index (κ1) is 19.0. The van der Waals surface area contributed by atoms with Gasteiger partial charge in [-0.3, -0.25) is 9.48 Å². The molecule has 0 aliphatic heterocycles. The summed E-state index contributed by atoms with van der Waals surface area (Å²) >= 11 is 0. The monoisotopic (exact) mass is 421 g/mol. The summed E-state index contributed by atoms with van der Waals surface area (Å²) in [5.74, 6) is 0.568. The molecule has 5 aromatic rings. The number of nitrogens with two attached hydrogens (primary N) is 1. The fraction of sp³-hybridized carbons (Fsp3) is 0.185. The number of hydrogen-bond acceptors (Lipinski definition) is 4. The zero-order valence-corrected chi connectivity index (χ0v) is 17.8. The van der Waals surface area contributed by atoms with Crippen molar-refractivity contribution in [2.75, 3.05) is 0 Å². The fourth-order valence-electron chi connectivity index (χ4n) is 4.74. The molecule has 0 spiro atoms. The van der Waals surface area contributed by atoms with E-state index in [1.54, 1.807) is 4.68 Å². The molecule has 1 fully saturated rings. The molecule has 5 nitrogen and oxygen atoms in total. The molecule has 0 amide bonds. The number of aromatic nitrogens is 2. The van der Waals surface area contributed by atoms with E-state index < -0.39 is 0 Å². The molecule has 5 heteroatoms. The maximum atomic E-state index is 13.8. The summed E-state index contributed by atoms with van der Waals surface area (Å²) in [4.78, 5) is 13.8. The molecule has 1 aliphatic rings. The molecule has 3 aromatic carbocycles. The van der Waals surface area contributed by atoms with E-state index in [-0.39, 0.29) is 11.0 Å². The lowest BCUT2D eigenvalue weighted by molar-refractivity contribution is 0.253. The van der Waals surface area contributed by atoms with E-state index in [0.717, 1.165) is 46.9 Å². The van der Waals surface area contributed by atoms with Gasteiger partial charge in [0.05, 0.1) is 21.9 Å². The molecular weight excluding hydrogens is 398 g/mol. The molecule has 2 aromatic heterocycles. The van der Waals surface area contributed by atoms with Crippen molar-refractivity contribution in [3.8, 4) is 22.5 Å². The van der Waals surface area contributed by atoms with Crippen molar-refractivity contribution in [3.63, 3.8) is 0 Å². The third-order valence-electron chi connectivity index (χ3n) is 6.69. The zero-order chi connectivity index (χ0) is 21.9. The number of rotatable bonds is 3. The van der Waals surface area contributed by atoms with Gasteiger partial charge in [-0.05, 0) is 42.5 Å². The van der Waals surface area contributed by atoms with E-state index in [4.69, 9.17) is 10.2 Å². The lowest BCUT2D eigenvalue weighted by Crippen LogP contribution is -2.43. The highest BCUT2D eigenvalue weighted by Gasteiger charge is 2.34. The van der Waals surface area contributed by atoms with Crippen LogP contribution in [0, 0.1) is 0 Å². The quantitative estimate of drug-likeness (QED) is 0.426. The van der Waals surface area contributed by atoms with E-state index in [2.05, 4.69) is 17.2 Å². The maximum Gasteiger partial charge on any atom is 0.201 e. The SMILES string of the molecule is Cn1cc2c(ccc3c(=O)c(-c4ccc(C5(N)CCC5)cc4)c(-c4ccccc4)oc32)n1. The van der Waals surface area contributed by atoms with Gasteiger partial charge in [-0.15, -0.1) is 0 Å². The minimum Gasteiger partial charge on any atom is -0.454 e. The predicted octanol–water partition coefficient (Wildman–Crippen LogP) is 5.35.